The highest BCUT2D eigenvalue weighted by atomic mass is 32.2. The lowest BCUT2D eigenvalue weighted by molar-refractivity contribution is 0.211. The molecule has 1 unspecified atom stereocenters. The third kappa shape index (κ3) is 4.03. The second kappa shape index (κ2) is 6.87. The number of aryl methyl sites for hydroxylation is 1. The monoisotopic (exact) mass is 311 g/mol. The van der Waals surface area contributed by atoms with E-state index in [-0.39, 0.29) is 6.04 Å². The van der Waals surface area contributed by atoms with Crippen LogP contribution in [0, 0.1) is 6.92 Å². The van der Waals surface area contributed by atoms with Crippen molar-refractivity contribution in [3.63, 3.8) is 0 Å². The molecule has 0 bridgehead atoms. The van der Waals surface area contributed by atoms with Gasteiger partial charge in [-0.3, -0.25) is 0 Å². The number of hydrogen-bond donors (Lipinski definition) is 2. The largest absolute Gasteiger partial charge is 0.326 e. The number of piperidine rings is 1. The molecule has 0 radical (unpaired) electrons. The molecule has 0 amide bonds. The minimum absolute atomic E-state index is 0.00251. The van der Waals surface area contributed by atoms with Gasteiger partial charge in [0.2, 0.25) is 10.0 Å². The molecule has 3 N–H and O–H groups in total. The standard InChI is InChI=1S/C15H25N3O2S/c1-3-18-8-4-5-14(11-18)17-21(19,20)15-7-6-13(10-16)9-12(15)2/h6-7,9,14,17H,3-5,8,10-11,16H2,1-2H3. The molecular formula is C15H25N3O2S. The van der Waals surface area contributed by atoms with E-state index in [1.807, 2.05) is 13.0 Å². The predicted molar refractivity (Wildman–Crippen MR) is 84.5 cm³/mol. The lowest BCUT2D eigenvalue weighted by Gasteiger charge is -2.32. The Bertz CT molecular complexity index is 587. The summed E-state index contributed by atoms with van der Waals surface area (Å²) in [5.74, 6) is 0. The molecule has 2 rings (SSSR count). The molecule has 1 heterocycles. The van der Waals surface area contributed by atoms with Crippen LogP contribution in [0.3, 0.4) is 0 Å². The van der Waals surface area contributed by atoms with Crippen molar-refractivity contribution in [2.45, 2.75) is 44.2 Å². The third-order valence-electron chi connectivity index (χ3n) is 4.04. The zero-order valence-electron chi connectivity index (χ0n) is 12.8. The SMILES string of the molecule is CCN1CCCC(NS(=O)(=O)c2ccc(CN)cc2C)C1. The molecule has 1 fully saturated rings. The molecule has 6 heteroatoms. The molecule has 0 aromatic heterocycles. The molecule has 5 nitrogen and oxygen atoms in total. The zero-order valence-corrected chi connectivity index (χ0v) is 13.6. The molecule has 1 aromatic carbocycles. The summed E-state index contributed by atoms with van der Waals surface area (Å²) in [5, 5.41) is 0. The van der Waals surface area contributed by atoms with Gasteiger partial charge in [-0.15, -0.1) is 0 Å². The van der Waals surface area contributed by atoms with E-state index >= 15 is 0 Å². The average Bonchev–Trinajstić information content (AvgIpc) is 2.46. The lowest BCUT2D eigenvalue weighted by Crippen LogP contribution is -2.47. The first-order valence-corrected chi connectivity index (χ1v) is 8.99. The zero-order chi connectivity index (χ0) is 15.5. The number of nitrogens with one attached hydrogen (secondary N) is 1. The Morgan fingerprint density at radius 3 is 2.81 bits per heavy atom. The molecule has 1 aliphatic rings. The fraction of sp³-hybridized carbons (Fsp3) is 0.600. The number of nitrogens with zero attached hydrogens (tertiary/aromatic N) is 1. The summed E-state index contributed by atoms with van der Waals surface area (Å²) in [7, 11) is -3.46. The van der Waals surface area contributed by atoms with Crippen LogP contribution in [-0.2, 0) is 16.6 Å². The first kappa shape index (κ1) is 16.4. The summed E-state index contributed by atoms with van der Waals surface area (Å²) in [5.41, 5.74) is 7.28. The van der Waals surface area contributed by atoms with E-state index in [2.05, 4.69) is 16.5 Å². The number of nitrogens with two attached hydrogens (primary N) is 1. The summed E-state index contributed by atoms with van der Waals surface area (Å²) in [6.07, 6.45) is 1.93. The quantitative estimate of drug-likeness (QED) is 0.857. The van der Waals surface area contributed by atoms with Gasteiger partial charge in [0.25, 0.3) is 0 Å². The Morgan fingerprint density at radius 2 is 2.19 bits per heavy atom. The molecule has 1 aliphatic heterocycles. The Labute approximate surface area is 127 Å². The Morgan fingerprint density at radius 1 is 1.43 bits per heavy atom. The second-order valence-corrected chi connectivity index (χ2v) is 7.34. The van der Waals surface area contributed by atoms with Crippen LogP contribution in [0.5, 0.6) is 0 Å². The predicted octanol–water partition coefficient (Wildman–Crippen LogP) is 1.22. The first-order valence-electron chi connectivity index (χ1n) is 7.50. The Hall–Kier alpha value is -0.950. The minimum atomic E-state index is -3.46. The van der Waals surface area contributed by atoms with E-state index in [0.29, 0.717) is 11.4 Å². The van der Waals surface area contributed by atoms with E-state index in [0.717, 1.165) is 43.6 Å². The van der Waals surface area contributed by atoms with Gasteiger partial charge in [0.15, 0.2) is 0 Å². The highest BCUT2D eigenvalue weighted by molar-refractivity contribution is 7.89. The van der Waals surface area contributed by atoms with Crippen LogP contribution in [-0.4, -0.2) is 39.0 Å². The second-order valence-electron chi connectivity index (χ2n) is 5.66. The maximum absolute atomic E-state index is 12.6. The van der Waals surface area contributed by atoms with E-state index in [9.17, 15) is 8.42 Å². The van der Waals surface area contributed by atoms with Crippen LogP contribution in [0.15, 0.2) is 23.1 Å². The maximum Gasteiger partial charge on any atom is 0.241 e. The van der Waals surface area contributed by atoms with Gasteiger partial charge in [-0.2, -0.15) is 0 Å². The van der Waals surface area contributed by atoms with Gasteiger partial charge >= 0.3 is 0 Å². The average molecular weight is 311 g/mol. The van der Waals surface area contributed by atoms with E-state index in [1.165, 1.54) is 0 Å². The van der Waals surface area contributed by atoms with E-state index in [4.69, 9.17) is 5.73 Å². The van der Waals surface area contributed by atoms with Crippen LogP contribution in [0.2, 0.25) is 0 Å². The van der Waals surface area contributed by atoms with Crippen molar-refractivity contribution in [1.82, 2.24) is 9.62 Å². The summed E-state index contributed by atoms with van der Waals surface area (Å²) in [4.78, 5) is 2.63. The topological polar surface area (TPSA) is 75.4 Å². The van der Waals surface area contributed by atoms with Gasteiger partial charge in [0.05, 0.1) is 4.90 Å². The molecular weight excluding hydrogens is 286 g/mol. The van der Waals surface area contributed by atoms with Gasteiger partial charge in [-0.1, -0.05) is 19.1 Å². The number of benzene rings is 1. The molecule has 21 heavy (non-hydrogen) atoms. The molecule has 0 spiro atoms. The maximum atomic E-state index is 12.6. The smallest absolute Gasteiger partial charge is 0.241 e. The number of hydrogen-bond acceptors (Lipinski definition) is 4. The van der Waals surface area contributed by atoms with E-state index < -0.39 is 10.0 Å². The number of likely N-dealkylation sites (N-methyl/N-ethyl adjacent to an activating group) is 1. The van der Waals surface area contributed by atoms with Crippen molar-refractivity contribution >= 4 is 10.0 Å². The fourth-order valence-corrected chi connectivity index (χ4v) is 4.35. The van der Waals surface area contributed by atoms with Gasteiger partial charge in [0, 0.05) is 19.1 Å². The molecule has 1 saturated heterocycles. The summed E-state index contributed by atoms with van der Waals surface area (Å²) in [6, 6.07) is 5.27. The minimum Gasteiger partial charge on any atom is -0.326 e. The van der Waals surface area contributed by atoms with Crippen LogP contribution < -0.4 is 10.5 Å². The van der Waals surface area contributed by atoms with Gasteiger partial charge in [-0.25, -0.2) is 13.1 Å². The molecule has 0 aliphatic carbocycles. The lowest BCUT2D eigenvalue weighted by atomic mass is 10.1. The highest BCUT2D eigenvalue weighted by Crippen LogP contribution is 2.19. The van der Waals surface area contributed by atoms with Crippen molar-refractivity contribution in [3.8, 4) is 0 Å². The number of likely N-dealkylation sites (tertiary alicyclic amines) is 1. The van der Waals surface area contributed by atoms with Gasteiger partial charge in [-0.05, 0) is 50.0 Å². The van der Waals surface area contributed by atoms with Crippen molar-refractivity contribution < 1.29 is 8.42 Å². The Balaban J connectivity index is 2.14. The van der Waals surface area contributed by atoms with Crippen LogP contribution in [0.25, 0.3) is 0 Å². The third-order valence-corrected chi connectivity index (χ3v) is 5.72. The normalized spacial score (nSPS) is 20.6. The van der Waals surface area contributed by atoms with Crippen LogP contribution in [0.4, 0.5) is 0 Å². The van der Waals surface area contributed by atoms with Crippen molar-refractivity contribution in [1.29, 1.82) is 0 Å². The molecule has 1 atom stereocenters. The van der Waals surface area contributed by atoms with E-state index in [1.54, 1.807) is 12.1 Å². The van der Waals surface area contributed by atoms with Gasteiger partial charge in [0.1, 0.15) is 0 Å². The molecule has 118 valence electrons. The summed E-state index contributed by atoms with van der Waals surface area (Å²) in [6.45, 7) is 7.14. The highest BCUT2D eigenvalue weighted by Gasteiger charge is 2.25. The Kier molecular flexibility index (Phi) is 5.37. The first-order chi connectivity index (χ1) is 9.96. The van der Waals surface area contributed by atoms with Crippen LogP contribution in [0.1, 0.15) is 30.9 Å². The van der Waals surface area contributed by atoms with Crippen molar-refractivity contribution in [3.05, 3.63) is 29.3 Å². The van der Waals surface area contributed by atoms with Crippen molar-refractivity contribution in [2.24, 2.45) is 5.73 Å². The van der Waals surface area contributed by atoms with Crippen molar-refractivity contribution in [2.75, 3.05) is 19.6 Å². The fourth-order valence-electron chi connectivity index (χ4n) is 2.86. The summed E-state index contributed by atoms with van der Waals surface area (Å²) < 4.78 is 28.0. The number of sulfonamides is 1. The molecule has 0 saturated carbocycles. The van der Waals surface area contributed by atoms with Crippen LogP contribution >= 0.6 is 0 Å². The summed E-state index contributed by atoms with van der Waals surface area (Å²) >= 11 is 0. The number of rotatable bonds is 5. The van der Waals surface area contributed by atoms with Gasteiger partial charge < -0.3 is 10.6 Å². The molecule has 1 aromatic rings.